The lowest BCUT2D eigenvalue weighted by atomic mass is 9.88. The summed E-state index contributed by atoms with van der Waals surface area (Å²) in [4.78, 5) is 46.7. The Morgan fingerprint density at radius 1 is 1.25 bits per heavy atom. The topological polar surface area (TPSA) is 181 Å². The highest BCUT2D eigenvalue weighted by molar-refractivity contribution is 6.43. The van der Waals surface area contributed by atoms with Gasteiger partial charge in [0.1, 0.15) is 30.2 Å². The van der Waals surface area contributed by atoms with Crippen molar-refractivity contribution in [3.63, 3.8) is 0 Å². The Morgan fingerprint density at radius 3 is 2.67 bits per heavy atom. The fourth-order valence-corrected chi connectivity index (χ4v) is 4.37. The van der Waals surface area contributed by atoms with Gasteiger partial charge in [-0.3, -0.25) is 15.0 Å². The lowest BCUT2D eigenvalue weighted by Gasteiger charge is -2.35. The van der Waals surface area contributed by atoms with Crippen LogP contribution in [0.3, 0.4) is 0 Å². The van der Waals surface area contributed by atoms with Crippen LogP contribution in [0.5, 0.6) is 0 Å². The summed E-state index contributed by atoms with van der Waals surface area (Å²) in [7, 11) is 1.51. The van der Waals surface area contributed by atoms with Crippen LogP contribution in [-0.2, 0) is 14.3 Å². The van der Waals surface area contributed by atoms with Gasteiger partial charge < -0.3 is 24.3 Å². The van der Waals surface area contributed by atoms with Crippen LogP contribution in [0.4, 0.5) is 6.01 Å². The Hall–Kier alpha value is -4.53. The van der Waals surface area contributed by atoms with Crippen LogP contribution in [0.25, 0.3) is 0 Å². The highest BCUT2D eigenvalue weighted by Gasteiger charge is 2.45. The van der Waals surface area contributed by atoms with Crippen molar-refractivity contribution < 1.29 is 18.7 Å². The normalized spacial score (nSPS) is 21.8. The van der Waals surface area contributed by atoms with Gasteiger partial charge in [0.2, 0.25) is 11.7 Å². The number of nitrogens with zero attached hydrogens (tertiary/aromatic N) is 8. The predicted octanol–water partition coefficient (Wildman–Crippen LogP) is -1.34. The third-order valence-electron chi connectivity index (χ3n) is 6.15. The zero-order chi connectivity index (χ0) is 25.2. The molecule has 0 saturated carbocycles. The molecule has 0 spiro atoms. The summed E-state index contributed by atoms with van der Waals surface area (Å²) in [5.74, 6) is 5.86. The number of piperazine rings is 1. The molecule has 0 aromatic carbocycles. The number of Topliss-reactive ketones (excluding diaryl/α,β-unsaturated/α-hetero) is 1. The highest BCUT2D eigenvalue weighted by atomic mass is 16.5. The number of hydrogen-bond acceptors (Lipinski definition) is 11. The van der Waals surface area contributed by atoms with Crippen molar-refractivity contribution in [3.05, 3.63) is 48.3 Å². The van der Waals surface area contributed by atoms with Gasteiger partial charge in [-0.25, -0.2) is 25.5 Å². The van der Waals surface area contributed by atoms with Crippen molar-refractivity contribution in [1.82, 2.24) is 40.3 Å². The fraction of sp³-hybridized carbons (Fsp3) is 0.381. The molecule has 3 aliphatic rings. The van der Waals surface area contributed by atoms with Gasteiger partial charge in [0.05, 0.1) is 25.4 Å². The van der Waals surface area contributed by atoms with Gasteiger partial charge in [-0.15, -0.1) is 0 Å². The van der Waals surface area contributed by atoms with E-state index in [1.807, 2.05) is 4.90 Å². The second-order valence-corrected chi connectivity index (χ2v) is 8.18. The van der Waals surface area contributed by atoms with Crippen molar-refractivity contribution in [2.24, 2.45) is 21.7 Å². The summed E-state index contributed by atoms with van der Waals surface area (Å²) < 4.78 is 12.2. The second-order valence-electron chi connectivity index (χ2n) is 8.18. The van der Waals surface area contributed by atoms with E-state index < -0.39 is 23.7 Å². The summed E-state index contributed by atoms with van der Waals surface area (Å²) in [6.07, 6.45) is 7.54. The van der Waals surface area contributed by atoms with E-state index in [0.717, 1.165) is 0 Å². The van der Waals surface area contributed by atoms with Gasteiger partial charge in [0.15, 0.2) is 5.84 Å². The molecule has 0 bridgehead atoms. The molecule has 5 rings (SSSR count). The van der Waals surface area contributed by atoms with Gasteiger partial charge >= 0.3 is 6.01 Å². The molecular formula is C21H25N11O4. The number of ether oxygens (including phenoxy) is 1. The van der Waals surface area contributed by atoms with E-state index in [4.69, 9.17) is 15.0 Å². The van der Waals surface area contributed by atoms with E-state index >= 15 is 0 Å². The van der Waals surface area contributed by atoms with Crippen LogP contribution in [0.1, 0.15) is 5.82 Å². The zero-order valence-electron chi connectivity index (χ0n) is 19.7. The van der Waals surface area contributed by atoms with Crippen molar-refractivity contribution in [2.75, 3.05) is 33.3 Å². The summed E-state index contributed by atoms with van der Waals surface area (Å²) >= 11 is 0. The number of aromatic nitrogens is 4. The lowest BCUT2D eigenvalue weighted by molar-refractivity contribution is -0.143. The molecule has 15 nitrogen and oxygen atoms in total. The number of aliphatic imine (C=N–C) groups is 2. The minimum absolute atomic E-state index is 0.158. The first kappa shape index (κ1) is 23.2. The summed E-state index contributed by atoms with van der Waals surface area (Å²) in [6, 6.07) is -0.274. The number of hydrogen-bond donors (Lipinski definition) is 3. The largest absolute Gasteiger partial charge is 0.499 e. The summed E-state index contributed by atoms with van der Waals surface area (Å²) in [6.45, 7) is 3.22. The van der Waals surface area contributed by atoms with Gasteiger partial charge in [-0.05, 0) is 6.92 Å². The highest BCUT2D eigenvalue weighted by Crippen LogP contribution is 2.33. The predicted molar refractivity (Wildman–Crippen MR) is 125 cm³/mol. The molecular weight excluding hydrogens is 470 g/mol. The number of rotatable bonds is 4. The van der Waals surface area contributed by atoms with E-state index in [-0.39, 0.29) is 6.01 Å². The van der Waals surface area contributed by atoms with Crippen LogP contribution >= 0.6 is 0 Å². The molecule has 0 radical (unpaired) electrons. The van der Waals surface area contributed by atoms with Crippen LogP contribution in [0.2, 0.25) is 0 Å². The first-order valence-corrected chi connectivity index (χ1v) is 11.2. The average Bonchev–Trinajstić information content (AvgIpc) is 3.67. The molecule has 36 heavy (non-hydrogen) atoms. The number of methoxy groups -OCH3 is 1. The van der Waals surface area contributed by atoms with Gasteiger partial charge in [0.25, 0.3) is 5.91 Å². The van der Waals surface area contributed by atoms with Crippen LogP contribution in [0.15, 0.2) is 56.9 Å². The second kappa shape index (κ2) is 9.61. The first-order valence-electron chi connectivity index (χ1n) is 11.2. The average molecular weight is 496 g/mol. The monoisotopic (exact) mass is 495 g/mol. The maximum Gasteiger partial charge on any atom is 0.324 e. The standard InChI is InChI=1S/C21H25N11O4/c1-12-26-11-32(29-12)18-16-15(14(35-2)10-25-18)13(9-24-16)17(33)19(34)30-4-6-31(7-5-30)20(28-22)27-21-23-3-8-36-21/h3,8-11,15-16,24H,4-7,22H2,1-2H3,(H,23,27,28). The maximum atomic E-state index is 13.3. The zero-order valence-corrected chi connectivity index (χ0v) is 19.7. The molecule has 15 heteroatoms. The minimum atomic E-state index is -0.604. The van der Waals surface area contributed by atoms with Gasteiger partial charge in [-0.2, -0.15) is 10.1 Å². The van der Waals surface area contributed by atoms with Crippen molar-refractivity contribution in [1.29, 1.82) is 0 Å². The Kier molecular flexibility index (Phi) is 6.20. The fourth-order valence-electron chi connectivity index (χ4n) is 4.37. The molecule has 1 fully saturated rings. The van der Waals surface area contributed by atoms with Crippen molar-refractivity contribution in [3.8, 4) is 0 Å². The van der Waals surface area contributed by atoms with E-state index in [1.165, 1.54) is 24.5 Å². The van der Waals surface area contributed by atoms with Crippen LogP contribution in [-0.4, -0.2) is 92.4 Å². The SMILES string of the molecule is COC1=CN=C(n2cnc(C)n2)C2NC=C(C(=O)C(=O)N3CCN(/C(=N\c4ncco4)NN)CC3)C12. The molecule has 1 saturated heterocycles. The summed E-state index contributed by atoms with van der Waals surface area (Å²) in [5, 5.41) is 7.48. The molecule has 188 valence electrons. The number of guanidine groups is 1. The maximum absolute atomic E-state index is 13.3. The van der Waals surface area contributed by atoms with Crippen LogP contribution in [0, 0.1) is 12.8 Å². The summed E-state index contributed by atoms with van der Waals surface area (Å²) in [5.41, 5.74) is 2.83. The van der Waals surface area contributed by atoms with E-state index in [2.05, 4.69) is 35.8 Å². The molecule has 5 heterocycles. The first-order chi connectivity index (χ1) is 17.5. The molecule has 2 atom stereocenters. The molecule has 0 aliphatic carbocycles. The Labute approximate surface area is 205 Å². The lowest BCUT2D eigenvalue weighted by Crippen LogP contribution is -2.56. The number of ketones is 1. The number of oxazole rings is 1. The number of hydrazine groups is 1. The Bertz CT molecular complexity index is 1270. The van der Waals surface area contributed by atoms with E-state index in [0.29, 0.717) is 55.1 Å². The molecule has 2 unspecified atom stereocenters. The Balaban J connectivity index is 1.27. The number of nitrogens with one attached hydrogen (secondary N) is 2. The molecule has 2 aromatic rings. The van der Waals surface area contributed by atoms with Gasteiger partial charge in [-0.1, -0.05) is 0 Å². The number of fused-ring (bicyclic) bond motifs is 1. The number of nitrogens with two attached hydrogens (primary N) is 1. The number of carbonyl (C=O) groups is 2. The molecule has 4 N–H and O–H groups in total. The number of carbonyl (C=O) groups excluding carboxylic acids is 2. The van der Waals surface area contributed by atoms with Crippen LogP contribution < -0.4 is 16.6 Å². The third-order valence-corrected chi connectivity index (χ3v) is 6.15. The smallest absolute Gasteiger partial charge is 0.324 e. The van der Waals surface area contributed by atoms with E-state index in [1.54, 1.807) is 30.3 Å². The van der Waals surface area contributed by atoms with Crippen molar-refractivity contribution >= 4 is 29.5 Å². The quantitative estimate of drug-likeness (QED) is 0.150. The minimum Gasteiger partial charge on any atom is -0.499 e. The third kappa shape index (κ3) is 4.19. The number of amides is 1. The Morgan fingerprint density at radius 2 is 2.03 bits per heavy atom. The van der Waals surface area contributed by atoms with E-state index in [9.17, 15) is 9.59 Å². The molecule has 3 aliphatic heterocycles. The van der Waals surface area contributed by atoms with Crippen molar-refractivity contribution in [2.45, 2.75) is 13.0 Å². The van der Waals surface area contributed by atoms with Gasteiger partial charge in [0, 0.05) is 38.0 Å². The molecule has 1 amide bonds. The molecule has 2 aromatic heterocycles. The number of aryl methyl sites for hydroxylation is 1.